The molecule has 0 aromatic carbocycles. The van der Waals surface area contributed by atoms with Crippen molar-refractivity contribution >= 4 is 17.8 Å². The third kappa shape index (κ3) is 3.73. The number of nitrogens with zero attached hydrogens (tertiary/aromatic N) is 1. The van der Waals surface area contributed by atoms with Crippen molar-refractivity contribution in [3.63, 3.8) is 0 Å². The maximum absolute atomic E-state index is 12.8. The highest BCUT2D eigenvalue weighted by molar-refractivity contribution is 6.09. The van der Waals surface area contributed by atoms with E-state index < -0.39 is 11.6 Å². The van der Waals surface area contributed by atoms with Gasteiger partial charge in [0.25, 0.3) is 5.91 Å². The first kappa shape index (κ1) is 17.2. The topological polar surface area (TPSA) is 78.5 Å². The average molecular weight is 335 g/mol. The zero-order chi connectivity index (χ0) is 17.0. The smallest absolute Gasteiger partial charge is 0.325 e. The van der Waals surface area contributed by atoms with Gasteiger partial charge in [0.2, 0.25) is 5.91 Å². The van der Waals surface area contributed by atoms with Crippen LogP contribution in [-0.4, -0.2) is 40.9 Å². The second-order valence-corrected chi connectivity index (χ2v) is 7.57. The summed E-state index contributed by atoms with van der Waals surface area (Å²) in [5, 5.41) is 5.89. The van der Waals surface area contributed by atoms with Crippen molar-refractivity contribution in [2.45, 2.75) is 88.6 Å². The molecule has 1 saturated heterocycles. The van der Waals surface area contributed by atoms with Crippen molar-refractivity contribution in [1.29, 1.82) is 0 Å². The molecule has 1 heterocycles. The summed E-state index contributed by atoms with van der Waals surface area (Å²) in [7, 11) is 0. The van der Waals surface area contributed by atoms with Crippen LogP contribution in [0.3, 0.4) is 0 Å². The van der Waals surface area contributed by atoms with Crippen LogP contribution < -0.4 is 10.6 Å². The molecule has 24 heavy (non-hydrogen) atoms. The minimum Gasteiger partial charge on any atom is -0.352 e. The fourth-order valence-corrected chi connectivity index (χ4v) is 4.33. The van der Waals surface area contributed by atoms with Gasteiger partial charge in [-0.05, 0) is 25.7 Å². The Morgan fingerprint density at radius 1 is 1.00 bits per heavy atom. The van der Waals surface area contributed by atoms with Crippen LogP contribution >= 0.6 is 0 Å². The predicted molar refractivity (Wildman–Crippen MR) is 90.3 cm³/mol. The summed E-state index contributed by atoms with van der Waals surface area (Å²) in [6.07, 6.45) is 12.2. The molecule has 3 aliphatic rings. The van der Waals surface area contributed by atoms with E-state index >= 15 is 0 Å². The van der Waals surface area contributed by atoms with Crippen molar-refractivity contribution in [2.75, 3.05) is 6.54 Å². The van der Waals surface area contributed by atoms with E-state index in [2.05, 4.69) is 10.6 Å². The normalized spacial score (nSPS) is 25.2. The van der Waals surface area contributed by atoms with E-state index in [-0.39, 0.29) is 24.4 Å². The molecule has 0 unspecified atom stereocenters. The lowest BCUT2D eigenvalue weighted by Gasteiger charge is -2.28. The lowest BCUT2D eigenvalue weighted by Crippen LogP contribution is -2.48. The maximum Gasteiger partial charge on any atom is 0.325 e. The molecule has 0 atom stereocenters. The van der Waals surface area contributed by atoms with Crippen molar-refractivity contribution in [2.24, 2.45) is 0 Å². The van der Waals surface area contributed by atoms with E-state index in [1.165, 1.54) is 12.8 Å². The third-order valence-electron chi connectivity index (χ3n) is 5.73. The fraction of sp³-hybridized carbons (Fsp3) is 0.833. The number of carbonyl (C=O) groups is 3. The van der Waals surface area contributed by atoms with E-state index in [9.17, 15) is 14.4 Å². The largest absolute Gasteiger partial charge is 0.352 e. The molecule has 1 spiro atoms. The highest BCUT2D eigenvalue weighted by Crippen LogP contribution is 2.32. The zero-order valence-corrected chi connectivity index (χ0v) is 14.4. The van der Waals surface area contributed by atoms with Gasteiger partial charge in [-0.3, -0.25) is 14.5 Å². The van der Waals surface area contributed by atoms with Gasteiger partial charge in [0, 0.05) is 6.04 Å². The number of hydrogen-bond donors (Lipinski definition) is 2. The third-order valence-corrected chi connectivity index (χ3v) is 5.73. The van der Waals surface area contributed by atoms with Gasteiger partial charge in [0.1, 0.15) is 12.1 Å². The first-order chi connectivity index (χ1) is 11.6. The summed E-state index contributed by atoms with van der Waals surface area (Å²) in [5.41, 5.74) is -0.761. The molecule has 0 bridgehead atoms. The Labute approximate surface area is 143 Å². The van der Waals surface area contributed by atoms with Gasteiger partial charge in [-0.15, -0.1) is 0 Å². The van der Waals surface area contributed by atoms with Crippen LogP contribution in [0.4, 0.5) is 4.79 Å². The first-order valence-electron chi connectivity index (χ1n) is 9.54. The van der Waals surface area contributed by atoms with E-state index in [1.807, 2.05) is 0 Å². The molecule has 6 nitrogen and oxygen atoms in total. The minimum absolute atomic E-state index is 0.150. The number of imide groups is 1. The van der Waals surface area contributed by atoms with Crippen LogP contribution in [0.2, 0.25) is 0 Å². The predicted octanol–water partition coefficient (Wildman–Crippen LogP) is 2.47. The molecule has 0 aromatic heterocycles. The lowest BCUT2D eigenvalue weighted by atomic mass is 9.84. The summed E-state index contributed by atoms with van der Waals surface area (Å²) in [5.74, 6) is -0.415. The molecular weight excluding hydrogens is 306 g/mol. The number of nitrogens with one attached hydrogen (secondary N) is 2. The average Bonchev–Trinajstić information content (AvgIpc) is 2.77. The Bertz CT molecular complexity index is 492. The molecule has 1 aliphatic heterocycles. The fourth-order valence-electron chi connectivity index (χ4n) is 4.33. The Balaban J connectivity index is 1.59. The highest BCUT2D eigenvalue weighted by Gasteiger charge is 2.50. The second-order valence-electron chi connectivity index (χ2n) is 7.57. The molecule has 2 saturated carbocycles. The van der Waals surface area contributed by atoms with Crippen molar-refractivity contribution in [3.8, 4) is 0 Å². The number of urea groups is 1. The highest BCUT2D eigenvalue weighted by atomic mass is 16.2. The van der Waals surface area contributed by atoms with Gasteiger partial charge in [-0.1, -0.05) is 51.4 Å². The molecule has 6 heteroatoms. The van der Waals surface area contributed by atoms with Gasteiger partial charge in [-0.2, -0.15) is 0 Å². The number of amides is 4. The van der Waals surface area contributed by atoms with Gasteiger partial charge in [-0.25, -0.2) is 4.79 Å². The van der Waals surface area contributed by atoms with Crippen LogP contribution in [0.25, 0.3) is 0 Å². The SMILES string of the molecule is O=C(CN1C(=O)NC2(CCCCCCC2)C1=O)NC1CCCCC1. The summed E-state index contributed by atoms with van der Waals surface area (Å²) in [6, 6.07) is -0.207. The summed E-state index contributed by atoms with van der Waals surface area (Å²) in [6.45, 7) is -0.150. The first-order valence-corrected chi connectivity index (χ1v) is 9.54. The summed E-state index contributed by atoms with van der Waals surface area (Å²) < 4.78 is 0. The van der Waals surface area contributed by atoms with E-state index in [1.54, 1.807) is 0 Å². The van der Waals surface area contributed by atoms with Gasteiger partial charge in [0.15, 0.2) is 0 Å². The molecular formula is C18H29N3O3. The Kier molecular flexibility index (Phi) is 5.41. The number of carbonyl (C=O) groups excluding carboxylic acids is 3. The Morgan fingerprint density at radius 3 is 2.25 bits per heavy atom. The Morgan fingerprint density at radius 2 is 1.58 bits per heavy atom. The standard InChI is InChI=1S/C18H29N3O3/c22-15(19-14-9-5-4-6-10-14)13-21-16(23)18(20-17(21)24)11-7-2-1-3-8-12-18/h14H,1-13H2,(H,19,22)(H,20,24). The van der Waals surface area contributed by atoms with Gasteiger partial charge in [0.05, 0.1) is 0 Å². The molecule has 0 aromatic rings. The Hall–Kier alpha value is -1.59. The van der Waals surface area contributed by atoms with Crippen LogP contribution in [0.15, 0.2) is 0 Å². The van der Waals surface area contributed by atoms with Crippen LogP contribution in [-0.2, 0) is 9.59 Å². The van der Waals surface area contributed by atoms with Crippen molar-refractivity contribution in [1.82, 2.24) is 15.5 Å². The maximum atomic E-state index is 12.8. The molecule has 2 N–H and O–H groups in total. The molecule has 2 aliphatic carbocycles. The van der Waals surface area contributed by atoms with E-state index in [4.69, 9.17) is 0 Å². The van der Waals surface area contributed by atoms with Gasteiger partial charge >= 0.3 is 6.03 Å². The monoisotopic (exact) mass is 335 g/mol. The van der Waals surface area contributed by atoms with Gasteiger partial charge < -0.3 is 10.6 Å². The molecule has 0 radical (unpaired) electrons. The van der Waals surface area contributed by atoms with E-state index in [0.717, 1.165) is 56.3 Å². The summed E-state index contributed by atoms with van der Waals surface area (Å²) in [4.78, 5) is 38.5. The lowest BCUT2D eigenvalue weighted by molar-refractivity contribution is -0.135. The van der Waals surface area contributed by atoms with Crippen LogP contribution in [0, 0.1) is 0 Å². The molecule has 3 fully saturated rings. The minimum atomic E-state index is -0.761. The van der Waals surface area contributed by atoms with Crippen LogP contribution in [0.5, 0.6) is 0 Å². The van der Waals surface area contributed by atoms with Crippen LogP contribution in [0.1, 0.15) is 77.0 Å². The molecule has 4 amide bonds. The quantitative estimate of drug-likeness (QED) is 0.778. The molecule has 3 rings (SSSR count). The van der Waals surface area contributed by atoms with Crippen molar-refractivity contribution in [3.05, 3.63) is 0 Å². The number of rotatable bonds is 3. The van der Waals surface area contributed by atoms with E-state index in [0.29, 0.717) is 12.8 Å². The van der Waals surface area contributed by atoms with Crippen molar-refractivity contribution < 1.29 is 14.4 Å². The second kappa shape index (κ2) is 7.53. The number of hydrogen-bond acceptors (Lipinski definition) is 3. The molecule has 134 valence electrons. The summed E-state index contributed by atoms with van der Waals surface area (Å²) >= 11 is 0. The zero-order valence-electron chi connectivity index (χ0n) is 14.4.